The number of hydrogen-bond donors (Lipinski definition) is 0. The van der Waals surface area contributed by atoms with E-state index in [9.17, 15) is 0 Å². The molecule has 0 aromatic heterocycles. The molecule has 2 radical (unpaired) electrons. The van der Waals surface area contributed by atoms with Crippen LogP contribution in [0.4, 0.5) is 0 Å². The van der Waals surface area contributed by atoms with Crippen molar-refractivity contribution >= 4 is 50.0 Å². The minimum Gasteiger partial charge on any atom is -0.168 e. The molecule has 0 heterocycles. The molecule has 0 amide bonds. The van der Waals surface area contributed by atoms with Crippen molar-refractivity contribution in [3.05, 3.63) is 198 Å². The van der Waals surface area contributed by atoms with Crippen LogP contribution in [0.15, 0.2) is 183 Å². The molecule has 0 fully saturated rings. The topological polar surface area (TPSA) is 0 Å². The Kier molecular flexibility index (Phi) is 38.1. The van der Waals surface area contributed by atoms with Gasteiger partial charge in [0.1, 0.15) is 0 Å². The number of benzene rings is 4. The Morgan fingerprint density at radius 2 is 0.532 bits per heavy atom. The Hall–Kier alpha value is -1.80. The maximum Gasteiger partial charge on any atom is 4.00 e. The van der Waals surface area contributed by atoms with Gasteiger partial charge in [-0.3, -0.25) is 0 Å². The van der Waals surface area contributed by atoms with E-state index in [1.165, 1.54) is 66.4 Å². The molecule has 0 atom stereocenters. The SMILES string of the molecule is C=C.[CH3-].[CH3-].[Cl-].[Cl-].[Cl-].[Cl-].[Si]=[Zr].[Zr+4].c1ccc2[cH-]ccc2c1.c1ccc2[cH-]ccc2c1.c1ccc2[cH-]ccc2c1.c1ccc2[cH-]ccc2c1. The van der Waals surface area contributed by atoms with Crippen molar-refractivity contribution in [2.45, 2.75) is 0 Å². The average Bonchev–Trinajstić information content (AvgIpc) is 3.86. The summed E-state index contributed by atoms with van der Waals surface area (Å²) in [5.74, 6) is 0. The zero-order chi connectivity index (χ0) is 28.4. The van der Waals surface area contributed by atoms with Crippen molar-refractivity contribution in [2.75, 3.05) is 0 Å². The van der Waals surface area contributed by atoms with Crippen molar-refractivity contribution in [3.63, 3.8) is 0 Å². The molecule has 0 saturated carbocycles. The summed E-state index contributed by atoms with van der Waals surface area (Å²) in [6.07, 6.45) is 0. The van der Waals surface area contributed by atoms with Gasteiger partial charge >= 0.3 is 56.4 Å². The van der Waals surface area contributed by atoms with Gasteiger partial charge in [0.2, 0.25) is 0 Å². The first-order valence-corrected chi connectivity index (χ1v) is 17.2. The van der Waals surface area contributed by atoms with E-state index in [4.69, 9.17) is 0 Å². The molecule has 0 bridgehead atoms. The van der Waals surface area contributed by atoms with Crippen LogP contribution >= 0.6 is 0 Å². The van der Waals surface area contributed by atoms with Gasteiger partial charge in [-0.05, 0) is 0 Å². The van der Waals surface area contributed by atoms with E-state index in [1.54, 1.807) is 0 Å². The van der Waals surface area contributed by atoms with Gasteiger partial charge < -0.3 is 64.5 Å². The van der Waals surface area contributed by atoms with Gasteiger partial charge in [-0.25, -0.2) is 0 Å². The fourth-order valence-corrected chi connectivity index (χ4v) is 4.28. The molecule has 0 aliphatic heterocycles. The van der Waals surface area contributed by atoms with Crippen LogP contribution in [0.2, 0.25) is 0 Å². The van der Waals surface area contributed by atoms with E-state index in [-0.39, 0.29) is 90.7 Å². The Labute approximate surface area is 343 Å². The van der Waals surface area contributed by atoms with Crippen molar-refractivity contribution in [1.82, 2.24) is 0 Å². The second-order valence-electron chi connectivity index (χ2n) is 8.62. The van der Waals surface area contributed by atoms with Gasteiger partial charge in [0.05, 0.1) is 0 Å². The van der Waals surface area contributed by atoms with Gasteiger partial charge in [-0.1, -0.05) is 24.3 Å². The van der Waals surface area contributed by atoms with Gasteiger partial charge in [-0.15, -0.1) is 132 Å². The molecule has 0 aliphatic carbocycles. The molecule has 47 heavy (non-hydrogen) atoms. The zero-order valence-corrected chi connectivity index (χ0v) is 35.5. The molecule has 0 N–H and O–H groups in total. The summed E-state index contributed by atoms with van der Waals surface area (Å²) in [5, 5.41) is 10.6. The summed E-state index contributed by atoms with van der Waals surface area (Å²) >= 11 is 1.36. The van der Waals surface area contributed by atoms with Crippen LogP contribution in [0.5, 0.6) is 0 Å². The van der Waals surface area contributed by atoms with Crippen molar-refractivity contribution < 1.29 is 99.2 Å². The smallest absolute Gasteiger partial charge is 0.168 e. The van der Waals surface area contributed by atoms with Crippen molar-refractivity contribution in [2.24, 2.45) is 0 Å². The summed E-state index contributed by atoms with van der Waals surface area (Å²) < 4.78 is 0. The Morgan fingerprint density at radius 1 is 0.362 bits per heavy atom. The number of fused-ring (bicyclic) bond motifs is 4. The molecule has 8 aromatic carbocycles. The molecular weight excluding hydrogens is 833 g/mol. The van der Waals surface area contributed by atoms with Crippen molar-refractivity contribution in [1.29, 1.82) is 0 Å². The molecule has 8 aromatic rings. The molecule has 0 unspecified atom stereocenters. The minimum atomic E-state index is 0. The maximum atomic E-state index is 3.06. The van der Waals surface area contributed by atoms with Gasteiger partial charge in [0, 0.05) is 0 Å². The zero-order valence-electron chi connectivity index (χ0n) is 26.6. The molecule has 244 valence electrons. The molecular formula is C40H38Cl4SiZr2-6. The number of halogens is 4. The second-order valence-corrected chi connectivity index (χ2v) is 8.62. The summed E-state index contributed by atoms with van der Waals surface area (Å²) in [6, 6.07) is 58.7. The van der Waals surface area contributed by atoms with Crippen molar-refractivity contribution in [3.8, 4) is 0 Å². The Morgan fingerprint density at radius 3 is 0.702 bits per heavy atom. The summed E-state index contributed by atoms with van der Waals surface area (Å²) in [4.78, 5) is 0. The largest absolute Gasteiger partial charge is 4.00 e. The van der Waals surface area contributed by atoms with Crippen LogP contribution in [0.1, 0.15) is 0 Å². The minimum absolute atomic E-state index is 0. The predicted molar refractivity (Wildman–Crippen MR) is 188 cm³/mol. The third-order valence-electron chi connectivity index (χ3n) is 6.19. The quantitative estimate of drug-likeness (QED) is 0.111. The van der Waals surface area contributed by atoms with Crippen LogP contribution < -0.4 is 49.6 Å². The van der Waals surface area contributed by atoms with Gasteiger partial charge in [0.15, 0.2) is 0 Å². The van der Waals surface area contributed by atoms with Crippen LogP contribution in [0.3, 0.4) is 0 Å². The van der Waals surface area contributed by atoms with E-state index < -0.39 is 0 Å². The Bertz CT molecular complexity index is 1430. The molecule has 8 rings (SSSR count). The molecule has 0 nitrogen and oxygen atoms in total. The normalized spacial score (nSPS) is 7.98. The summed E-state index contributed by atoms with van der Waals surface area (Å²) in [7, 11) is 0. The fraction of sp³-hybridized carbons (Fsp3) is 0. The van der Waals surface area contributed by atoms with E-state index in [2.05, 4.69) is 190 Å². The average molecular weight is 871 g/mol. The predicted octanol–water partition coefficient (Wildman–Crippen LogP) is -0.432. The van der Waals surface area contributed by atoms with E-state index in [1.807, 2.05) is 0 Å². The first kappa shape index (κ1) is 54.6. The summed E-state index contributed by atoms with van der Waals surface area (Å²) in [5.41, 5.74) is 0. The molecule has 0 spiro atoms. The van der Waals surface area contributed by atoms with Crippen LogP contribution in [-0.4, -0.2) is 6.88 Å². The third-order valence-corrected chi connectivity index (χ3v) is 6.19. The molecule has 0 saturated heterocycles. The standard InChI is InChI=1S/4C9H7.C2H4.2CH3.4ClH.Si.2Zr/c4*1-2-5-9-7-3-6-8(9)4-1;1-2;;;;;;;;;/h4*1-7H;1-2H2;2*1H3;4*1H;;;/q4*-1;;2*-1;;;;;;;+4/p-4. The van der Waals surface area contributed by atoms with Crippen LogP contribution in [-0.2, 0) is 49.5 Å². The molecule has 7 heteroatoms. The van der Waals surface area contributed by atoms with Crippen LogP contribution in [0, 0.1) is 14.9 Å². The Balaban J connectivity index is -0.000000154. The number of hydrogen-bond acceptors (Lipinski definition) is 0. The second kappa shape index (κ2) is 32.7. The fourth-order valence-electron chi connectivity index (χ4n) is 4.28. The maximum absolute atomic E-state index is 3.06. The number of rotatable bonds is 0. The first-order valence-electron chi connectivity index (χ1n) is 13.0. The van der Waals surface area contributed by atoms with Gasteiger partial charge in [0.25, 0.3) is 0 Å². The summed E-state index contributed by atoms with van der Waals surface area (Å²) in [6.45, 7) is 9.06. The van der Waals surface area contributed by atoms with Gasteiger partial charge in [-0.2, -0.15) is 70.1 Å². The van der Waals surface area contributed by atoms with E-state index in [0.717, 1.165) is 0 Å². The first-order chi connectivity index (χ1) is 19.9. The van der Waals surface area contributed by atoms with E-state index >= 15 is 0 Å². The monoisotopic (exact) mass is 866 g/mol. The third kappa shape index (κ3) is 18.0. The molecule has 0 aliphatic rings. The van der Waals surface area contributed by atoms with E-state index in [0.29, 0.717) is 0 Å². The van der Waals surface area contributed by atoms with Crippen LogP contribution in [0.25, 0.3) is 43.1 Å².